The summed E-state index contributed by atoms with van der Waals surface area (Å²) in [5.74, 6) is -0.555. The van der Waals surface area contributed by atoms with Crippen LogP contribution in [0.2, 0.25) is 0 Å². The van der Waals surface area contributed by atoms with Gasteiger partial charge in [-0.25, -0.2) is 4.79 Å². The van der Waals surface area contributed by atoms with Crippen molar-refractivity contribution >= 4 is 23.1 Å². The molecule has 2 rings (SSSR count). The number of rotatable bonds is 3. The van der Waals surface area contributed by atoms with E-state index >= 15 is 0 Å². The summed E-state index contributed by atoms with van der Waals surface area (Å²) in [4.78, 5) is 39.5. The van der Waals surface area contributed by atoms with E-state index in [0.717, 1.165) is 4.57 Å². The Morgan fingerprint density at radius 2 is 1.95 bits per heavy atom. The molecule has 2 N–H and O–H groups in total. The fraction of sp³-hybridized carbons (Fsp3) is 0.455. The van der Waals surface area contributed by atoms with Crippen LogP contribution in [0.3, 0.4) is 0 Å². The standard InChI is InChI=1S/C11H15N5O4/c1-4-20-6(17)5-16-7-8(13-10(16)12)14(2)11(19)15(3)9(7)18/h4-5H2,1-3H3,(H2,12,13). The maximum atomic E-state index is 12.2. The van der Waals surface area contributed by atoms with Crippen molar-refractivity contribution in [3.05, 3.63) is 20.8 Å². The number of aryl methyl sites for hydroxylation is 1. The molecule has 0 atom stereocenters. The van der Waals surface area contributed by atoms with Gasteiger partial charge in [0.25, 0.3) is 5.56 Å². The molecule has 0 unspecified atom stereocenters. The van der Waals surface area contributed by atoms with Crippen LogP contribution >= 0.6 is 0 Å². The monoisotopic (exact) mass is 281 g/mol. The van der Waals surface area contributed by atoms with E-state index < -0.39 is 17.2 Å². The summed E-state index contributed by atoms with van der Waals surface area (Å²) in [6, 6.07) is 0. The summed E-state index contributed by atoms with van der Waals surface area (Å²) in [6.45, 7) is 1.67. The van der Waals surface area contributed by atoms with Crippen LogP contribution in [0.25, 0.3) is 11.2 Å². The zero-order valence-electron chi connectivity index (χ0n) is 11.4. The molecule has 2 heterocycles. The lowest BCUT2D eigenvalue weighted by Crippen LogP contribution is -2.37. The minimum absolute atomic E-state index is 0.0219. The molecule has 9 heteroatoms. The Hall–Kier alpha value is -2.58. The number of anilines is 1. The molecule has 0 fully saturated rings. The van der Waals surface area contributed by atoms with Gasteiger partial charge in [-0.05, 0) is 6.92 Å². The maximum Gasteiger partial charge on any atom is 0.332 e. The number of esters is 1. The quantitative estimate of drug-likeness (QED) is 0.690. The molecule has 9 nitrogen and oxygen atoms in total. The van der Waals surface area contributed by atoms with Crippen LogP contribution in [-0.4, -0.2) is 31.3 Å². The van der Waals surface area contributed by atoms with Crippen molar-refractivity contribution < 1.29 is 9.53 Å². The third-order valence-electron chi connectivity index (χ3n) is 2.97. The van der Waals surface area contributed by atoms with E-state index in [9.17, 15) is 14.4 Å². The van der Waals surface area contributed by atoms with Gasteiger partial charge >= 0.3 is 11.7 Å². The Labute approximate surface area is 113 Å². The minimum atomic E-state index is -0.559. The van der Waals surface area contributed by atoms with Gasteiger partial charge in [0, 0.05) is 14.1 Å². The Morgan fingerprint density at radius 3 is 2.55 bits per heavy atom. The summed E-state index contributed by atoms with van der Waals surface area (Å²) < 4.78 is 8.21. The van der Waals surface area contributed by atoms with Crippen LogP contribution in [0.5, 0.6) is 0 Å². The summed E-state index contributed by atoms with van der Waals surface area (Å²) in [5.41, 5.74) is 4.88. The van der Waals surface area contributed by atoms with Crippen molar-refractivity contribution in [3.63, 3.8) is 0 Å². The fourth-order valence-electron chi connectivity index (χ4n) is 1.96. The third-order valence-corrected chi connectivity index (χ3v) is 2.97. The second-order valence-corrected chi connectivity index (χ2v) is 4.24. The lowest BCUT2D eigenvalue weighted by molar-refractivity contribution is -0.143. The van der Waals surface area contributed by atoms with Gasteiger partial charge in [0.05, 0.1) is 6.61 Å². The number of nitrogens with two attached hydrogens (primary N) is 1. The van der Waals surface area contributed by atoms with Crippen molar-refractivity contribution in [2.45, 2.75) is 13.5 Å². The molecule has 0 aliphatic heterocycles. The average molecular weight is 281 g/mol. The zero-order valence-corrected chi connectivity index (χ0v) is 11.4. The Kier molecular flexibility index (Phi) is 3.35. The second kappa shape index (κ2) is 4.83. The van der Waals surface area contributed by atoms with Gasteiger partial charge in [-0.3, -0.25) is 23.3 Å². The van der Waals surface area contributed by atoms with Crippen molar-refractivity contribution in [3.8, 4) is 0 Å². The van der Waals surface area contributed by atoms with E-state index in [2.05, 4.69) is 4.98 Å². The van der Waals surface area contributed by atoms with Crippen LogP contribution in [0.1, 0.15) is 6.92 Å². The number of imidazole rings is 1. The van der Waals surface area contributed by atoms with Gasteiger partial charge in [0.1, 0.15) is 6.54 Å². The van der Waals surface area contributed by atoms with E-state index in [1.165, 1.54) is 23.2 Å². The molecular formula is C11H15N5O4. The number of nitrogens with zero attached hydrogens (tertiary/aromatic N) is 4. The number of fused-ring (bicyclic) bond motifs is 1. The Balaban J connectivity index is 2.74. The van der Waals surface area contributed by atoms with Crippen LogP contribution in [0.15, 0.2) is 9.59 Å². The Morgan fingerprint density at radius 1 is 1.30 bits per heavy atom. The van der Waals surface area contributed by atoms with E-state index in [-0.39, 0.29) is 30.3 Å². The predicted molar refractivity (Wildman–Crippen MR) is 71.3 cm³/mol. The first-order valence-electron chi connectivity index (χ1n) is 5.95. The van der Waals surface area contributed by atoms with Crippen LogP contribution < -0.4 is 17.0 Å². The largest absolute Gasteiger partial charge is 0.465 e. The lowest BCUT2D eigenvalue weighted by Gasteiger charge is -2.07. The lowest BCUT2D eigenvalue weighted by atomic mass is 10.5. The van der Waals surface area contributed by atoms with Gasteiger partial charge < -0.3 is 10.5 Å². The number of hydrogen-bond donors (Lipinski definition) is 1. The van der Waals surface area contributed by atoms with Crippen LogP contribution in [-0.2, 0) is 30.2 Å². The molecule has 0 aliphatic rings. The van der Waals surface area contributed by atoms with Gasteiger partial charge in [-0.15, -0.1) is 0 Å². The fourth-order valence-corrected chi connectivity index (χ4v) is 1.96. The number of carbonyl (C=O) groups is 1. The summed E-state index contributed by atoms with van der Waals surface area (Å²) in [5, 5.41) is 0. The molecule has 0 spiro atoms. The highest BCUT2D eigenvalue weighted by molar-refractivity contribution is 5.78. The highest BCUT2D eigenvalue weighted by Gasteiger charge is 2.19. The molecule has 0 saturated heterocycles. The van der Waals surface area contributed by atoms with Crippen LogP contribution in [0, 0.1) is 0 Å². The van der Waals surface area contributed by atoms with Gasteiger partial charge in [0.15, 0.2) is 11.2 Å². The van der Waals surface area contributed by atoms with E-state index in [1.54, 1.807) is 6.92 Å². The molecule has 0 bridgehead atoms. The topological polar surface area (TPSA) is 114 Å². The predicted octanol–water partition coefficient (Wildman–Crippen LogP) is -1.42. The number of aromatic nitrogens is 4. The molecule has 108 valence electrons. The molecule has 2 aromatic rings. The third kappa shape index (κ3) is 1.96. The van der Waals surface area contributed by atoms with Gasteiger partial charge in [-0.2, -0.15) is 4.98 Å². The first-order chi connectivity index (χ1) is 9.38. The minimum Gasteiger partial charge on any atom is -0.465 e. The summed E-state index contributed by atoms with van der Waals surface area (Å²) in [6.07, 6.45) is 0. The molecule has 0 aromatic carbocycles. The molecule has 0 radical (unpaired) electrons. The van der Waals surface area contributed by atoms with Crippen molar-refractivity contribution in [2.24, 2.45) is 14.1 Å². The van der Waals surface area contributed by atoms with Crippen molar-refractivity contribution in [2.75, 3.05) is 12.3 Å². The van der Waals surface area contributed by atoms with E-state index in [0.29, 0.717) is 0 Å². The molecule has 0 amide bonds. The van der Waals surface area contributed by atoms with Crippen molar-refractivity contribution in [1.82, 2.24) is 18.7 Å². The molecule has 20 heavy (non-hydrogen) atoms. The zero-order chi connectivity index (χ0) is 15.0. The highest BCUT2D eigenvalue weighted by Crippen LogP contribution is 2.12. The Bertz CT molecular complexity index is 798. The SMILES string of the molecule is CCOC(=O)Cn1c(N)nc2c1c(=O)n(C)c(=O)n2C. The number of nitrogen functional groups attached to an aromatic ring is 1. The summed E-state index contributed by atoms with van der Waals surface area (Å²) >= 11 is 0. The molecule has 2 aromatic heterocycles. The summed E-state index contributed by atoms with van der Waals surface area (Å²) in [7, 11) is 2.83. The van der Waals surface area contributed by atoms with E-state index in [1.807, 2.05) is 0 Å². The van der Waals surface area contributed by atoms with Crippen molar-refractivity contribution in [1.29, 1.82) is 0 Å². The molecular weight excluding hydrogens is 266 g/mol. The first-order valence-corrected chi connectivity index (χ1v) is 5.95. The number of ether oxygens (including phenoxy) is 1. The average Bonchev–Trinajstić information content (AvgIpc) is 2.72. The number of carbonyl (C=O) groups excluding carboxylic acids is 1. The molecule has 0 saturated carbocycles. The number of hydrogen-bond acceptors (Lipinski definition) is 6. The van der Waals surface area contributed by atoms with Gasteiger partial charge in [-0.1, -0.05) is 0 Å². The molecule has 0 aliphatic carbocycles. The highest BCUT2D eigenvalue weighted by atomic mass is 16.5. The van der Waals surface area contributed by atoms with Crippen LogP contribution in [0.4, 0.5) is 5.95 Å². The van der Waals surface area contributed by atoms with E-state index in [4.69, 9.17) is 10.5 Å². The van der Waals surface area contributed by atoms with Gasteiger partial charge in [0.2, 0.25) is 5.95 Å². The second-order valence-electron chi connectivity index (χ2n) is 4.24. The first kappa shape index (κ1) is 13.8. The smallest absolute Gasteiger partial charge is 0.332 e. The normalized spacial score (nSPS) is 10.9. The maximum absolute atomic E-state index is 12.2.